The smallest absolute Gasteiger partial charge is 0.326 e. The average molecular weight is 441 g/mol. The summed E-state index contributed by atoms with van der Waals surface area (Å²) in [5.74, 6) is -1.01. The standard InChI is InChI=1S/C12H14BrIN2O3/c1-3-10(11(17)18)16(2)12(19)15-9-5-4-7(14)6-8(9)13/h4-6,10H,3H2,1-2H3,(H,15,19)(H,17,18). The van der Waals surface area contributed by atoms with Crippen molar-refractivity contribution >= 4 is 56.2 Å². The fourth-order valence-corrected chi connectivity index (χ4v) is 2.95. The lowest BCUT2D eigenvalue weighted by Gasteiger charge is -2.24. The lowest BCUT2D eigenvalue weighted by Crippen LogP contribution is -2.44. The molecule has 0 aromatic heterocycles. The number of hydrogen-bond acceptors (Lipinski definition) is 2. The highest BCUT2D eigenvalue weighted by Crippen LogP contribution is 2.24. The SMILES string of the molecule is CCC(C(=O)O)N(C)C(=O)Nc1ccc(I)cc1Br. The van der Waals surface area contributed by atoms with E-state index in [1.807, 2.05) is 12.1 Å². The van der Waals surface area contributed by atoms with Gasteiger partial charge in [0.25, 0.3) is 0 Å². The van der Waals surface area contributed by atoms with Crippen molar-refractivity contribution in [3.63, 3.8) is 0 Å². The Morgan fingerprint density at radius 2 is 2.16 bits per heavy atom. The Morgan fingerprint density at radius 3 is 2.63 bits per heavy atom. The highest BCUT2D eigenvalue weighted by molar-refractivity contribution is 14.1. The quantitative estimate of drug-likeness (QED) is 0.705. The Morgan fingerprint density at radius 1 is 1.53 bits per heavy atom. The van der Waals surface area contributed by atoms with Gasteiger partial charge in [0.15, 0.2) is 0 Å². The molecule has 1 rings (SSSR count). The lowest BCUT2D eigenvalue weighted by atomic mass is 10.2. The number of carboxylic acids is 1. The third-order valence-electron chi connectivity index (χ3n) is 2.63. The lowest BCUT2D eigenvalue weighted by molar-refractivity contribution is -0.141. The molecule has 1 atom stereocenters. The second kappa shape index (κ2) is 7.09. The summed E-state index contributed by atoms with van der Waals surface area (Å²) in [5.41, 5.74) is 0.609. The fourth-order valence-electron chi connectivity index (χ4n) is 1.55. The summed E-state index contributed by atoms with van der Waals surface area (Å²) in [6.45, 7) is 1.73. The molecule has 1 aromatic carbocycles. The van der Waals surface area contributed by atoms with Crippen LogP contribution < -0.4 is 5.32 Å². The molecule has 0 heterocycles. The largest absolute Gasteiger partial charge is 0.480 e. The van der Waals surface area contributed by atoms with Crippen LogP contribution in [0.4, 0.5) is 10.5 Å². The molecule has 2 N–H and O–H groups in total. The molecule has 5 nitrogen and oxygen atoms in total. The predicted molar refractivity (Wildman–Crippen MR) is 85.4 cm³/mol. The molecule has 0 saturated carbocycles. The van der Waals surface area contributed by atoms with E-state index in [9.17, 15) is 9.59 Å². The molecule has 2 amide bonds. The van der Waals surface area contributed by atoms with Crippen LogP contribution in [0.2, 0.25) is 0 Å². The van der Waals surface area contributed by atoms with Gasteiger partial charge >= 0.3 is 12.0 Å². The van der Waals surface area contributed by atoms with Gasteiger partial charge in [-0.3, -0.25) is 0 Å². The van der Waals surface area contributed by atoms with Crippen molar-refractivity contribution in [2.45, 2.75) is 19.4 Å². The van der Waals surface area contributed by atoms with Crippen LogP contribution in [0.25, 0.3) is 0 Å². The Bertz CT molecular complexity index is 496. The molecule has 1 unspecified atom stereocenters. The minimum atomic E-state index is -1.01. The fraction of sp³-hybridized carbons (Fsp3) is 0.333. The number of aliphatic carboxylic acids is 1. The monoisotopic (exact) mass is 440 g/mol. The molecule has 19 heavy (non-hydrogen) atoms. The van der Waals surface area contributed by atoms with Crippen LogP contribution in [0.5, 0.6) is 0 Å². The van der Waals surface area contributed by atoms with Crippen LogP contribution in [0.1, 0.15) is 13.3 Å². The number of amides is 2. The number of rotatable bonds is 4. The first-order valence-electron chi connectivity index (χ1n) is 5.58. The number of hydrogen-bond donors (Lipinski definition) is 2. The van der Waals surface area contributed by atoms with Crippen molar-refractivity contribution in [2.24, 2.45) is 0 Å². The van der Waals surface area contributed by atoms with Crippen molar-refractivity contribution in [1.82, 2.24) is 4.90 Å². The van der Waals surface area contributed by atoms with E-state index in [0.717, 1.165) is 8.04 Å². The van der Waals surface area contributed by atoms with E-state index in [2.05, 4.69) is 43.8 Å². The summed E-state index contributed by atoms with van der Waals surface area (Å²) < 4.78 is 1.79. The first kappa shape index (κ1) is 16.2. The Balaban J connectivity index is 2.81. The third-order valence-corrected chi connectivity index (χ3v) is 3.96. The Labute approximate surface area is 133 Å². The Kier molecular flexibility index (Phi) is 6.05. The molecular formula is C12H14BrIN2O3. The van der Waals surface area contributed by atoms with Crippen LogP contribution in [0, 0.1) is 3.57 Å². The van der Waals surface area contributed by atoms with Gasteiger partial charge in [-0.05, 0) is 63.1 Å². The summed E-state index contributed by atoms with van der Waals surface area (Å²) in [5, 5.41) is 11.7. The van der Waals surface area contributed by atoms with E-state index in [1.165, 1.54) is 11.9 Å². The number of benzene rings is 1. The number of likely N-dealkylation sites (N-methyl/N-ethyl adjacent to an activating group) is 1. The molecular weight excluding hydrogens is 427 g/mol. The number of nitrogens with one attached hydrogen (secondary N) is 1. The summed E-state index contributed by atoms with van der Waals surface area (Å²) >= 11 is 5.52. The van der Waals surface area contributed by atoms with Crippen molar-refractivity contribution in [1.29, 1.82) is 0 Å². The molecule has 0 aliphatic carbocycles. The molecule has 0 aliphatic heterocycles. The maximum absolute atomic E-state index is 12.0. The minimum absolute atomic E-state index is 0.354. The molecule has 0 spiro atoms. The number of carboxylic acid groups (broad SMARTS) is 1. The van der Waals surface area contributed by atoms with Crippen LogP contribution in [-0.4, -0.2) is 35.1 Å². The van der Waals surface area contributed by atoms with Gasteiger partial charge in [-0.2, -0.15) is 0 Å². The summed E-state index contributed by atoms with van der Waals surface area (Å²) in [6, 6.07) is 4.21. The highest BCUT2D eigenvalue weighted by Gasteiger charge is 2.24. The molecule has 0 fully saturated rings. The topological polar surface area (TPSA) is 69.6 Å². The van der Waals surface area contributed by atoms with Crippen molar-refractivity contribution < 1.29 is 14.7 Å². The Hall–Kier alpha value is -0.830. The predicted octanol–water partition coefficient (Wildman–Crippen LogP) is 3.38. The van der Waals surface area contributed by atoms with Gasteiger partial charge in [0, 0.05) is 15.1 Å². The molecule has 0 aliphatic rings. The van der Waals surface area contributed by atoms with E-state index in [-0.39, 0.29) is 0 Å². The third kappa shape index (κ3) is 4.34. The summed E-state index contributed by atoms with van der Waals surface area (Å²) in [6.07, 6.45) is 0.354. The van der Waals surface area contributed by atoms with Gasteiger partial charge in [-0.25, -0.2) is 9.59 Å². The van der Waals surface area contributed by atoms with Crippen LogP contribution in [-0.2, 0) is 4.79 Å². The molecule has 7 heteroatoms. The molecule has 0 saturated heterocycles. The normalized spacial score (nSPS) is 11.8. The maximum Gasteiger partial charge on any atom is 0.326 e. The second-order valence-corrected chi connectivity index (χ2v) is 6.03. The van der Waals surface area contributed by atoms with Gasteiger partial charge < -0.3 is 15.3 Å². The van der Waals surface area contributed by atoms with Gasteiger partial charge in [0.1, 0.15) is 6.04 Å². The first-order chi connectivity index (χ1) is 8.86. The number of carbonyl (C=O) groups excluding carboxylic acids is 1. The van der Waals surface area contributed by atoms with Crippen LogP contribution in [0.3, 0.4) is 0 Å². The first-order valence-corrected chi connectivity index (χ1v) is 7.45. The number of urea groups is 1. The molecule has 104 valence electrons. The van der Waals surface area contributed by atoms with Crippen molar-refractivity contribution in [3.8, 4) is 0 Å². The highest BCUT2D eigenvalue weighted by atomic mass is 127. The number of carbonyl (C=O) groups is 2. The van der Waals surface area contributed by atoms with E-state index < -0.39 is 18.0 Å². The zero-order valence-electron chi connectivity index (χ0n) is 10.5. The molecule has 1 aromatic rings. The zero-order chi connectivity index (χ0) is 14.6. The summed E-state index contributed by atoms with van der Waals surface area (Å²) in [7, 11) is 1.47. The van der Waals surface area contributed by atoms with Gasteiger partial charge in [0.05, 0.1) is 5.69 Å². The number of nitrogens with zero attached hydrogens (tertiary/aromatic N) is 1. The van der Waals surface area contributed by atoms with Gasteiger partial charge in [-0.1, -0.05) is 6.92 Å². The molecule has 0 bridgehead atoms. The van der Waals surface area contributed by atoms with Gasteiger partial charge in [0.2, 0.25) is 0 Å². The summed E-state index contributed by atoms with van der Waals surface area (Å²) in [4.78, 5) is 24.2. The number of halogens is 2. The zero-order valence-corrected chi connectivity index (χ0v) is 14.2. The van der Waals surface area contributed by atoms with Crippen LogP contribution >= 0.6 is 38.5 Å². The van der Waals surface area contributed by atoms with E-state index in [0.29, 0.717) is 12.1 Å². The van der Waals surface area contributed by atoms with Crippen molar-refractivity contribution in [3.05, 3.63) is 26.2 Å². The van der Waals surface area contributed by atoms with Crippen LogP contribution in [0.15, 0.2) is 22.7 Å². The van der Waals surface area contributed by atoms with Gasteiger partial charge in [-0.15, -0.1) is 0 Å². The van der Waals surface area contributed by atoms with E-state index in [1.54, 1.807) is 13.0 Å². The average Bonchev–Trinajstić information content (AvgIpc) is 2.32. The minimum Gasteiger partial charge on any atom is -0.480 e. The maximum atomic E-state index is 12.0. The number of anilines is 1. The second-order valence-electron chi connectivity index (χ2n) is 3.93. The van der Waals surface area contributed by atoms with E-state index in [4.69, 9.17) is 5.11 Å². The van der Waals surface area contributed by atoms with Crippen molar-refractivity contribution in [2.75, 3.05) is 12.4 Å². The molecule has 0 radical (unpaired) electrons. The van der Waals surface area contributed by atoms with E-state index >= 15 is 0 Å².